The topological polar surface area (TPSA) is 133 Å². The number of benzene rings is 4. The summed E-state index contributed by atoms with van der Waals surface area (Å²) in [4.78, 5) is -0.568. The molecule has 0 spiro atoms. The normalized spacial score (nSPS) is 11.2. The van der Waals surface area contributed by atoms with Crippen LogP contribution >= 0.6 is 0 Å². The molecule has 0 radical (unpaired) electrons. The van der Waals surface area contributed by atoms with Gasteiger partial charge in [0.25, 0.3) is 0 Å². The summed E-state index contributed by atoms with van der Waals surface area (Å²) in [6, 6.07) is 26.9. The molecule has 0 atom stereocenters. The van der Waals surface area contributed by atoms with Gasteiger partial charge in [-0.15, -0.1) is 0 Å². The second kappa shape index (κ2) is 24.0. The molecule has 0 N–H and O–H groups in total. The number of rotatable bonds is 20. The van der Waals surface area contributed by atoms with Crippen LogP contribution in [-0.2, 0) is 33.1 Å². The van der Waals surface area contributed by atoms with E-state index >= 15 is 0 Å². The average molecular weight is 763 g/mol. The van der Waals surface area contributed by atoms with Crippen molar-refractivity contribution in [2.75, 3.05) is 0 Å². The predicted molar refractivity (Wildman–Crippen MR) is 202 cm³/mol. The minimum absolute atomic E-state index is 0. The van der Waals surface area contributed by atoms with Crippen LogP contribution < -0.4 is 9.47 Å². The Morgan fingerprint density at radius 2 is 0.765 bits per heavy atom. The zero-order valence-electron chi connectivity index (χ0n) is 29.9. The molecule has 11 heteroatoms. The monoisotopic (exact) mass is 762 g/mol. The Morgan fingerprint density at radius 3 is 1.12 bits per heavy atom. The van der Waals surface area contributed by atoms with Gasteiger partial charge in [0.1, 0.15) is 43.2 Å². The number of hydrogen-bond donors (Lipinski definition) is 0. The first-order valence-corrected chi connectivity index (χ1v) is 20.4. The molecule has 0 saturated heterocycles. The van der Waals surface area contributed by atoms with E-state index in [2.05, 4.69) is 26.0 Å². The third-order valence-electron chi connectivity index (χ3n) is 8.09. The molecule has 4 aromatic rings. The molecular formula is C40H50CaO8S2. The standard InChI is InChI=1S/2C20H26O4S.Ca/c2*1-2-3-4-5-6-7-10-17-11-8-12-18(15-17)24-19-13-9-14-20(16-19)25(21,22)23;/h2*8-9,11-16H,2-7,10H2,1H3,(H,21,22,23);/q;;+2/p-2. The Hall–Kier alpha value is -2.44. The summed E-state index contributed by atoms with van der Waals surface area (Å²) in [5, 5.41) is 0. The molecule has 0 amide bonds. The quantitative estimate of drug-likeness (QED) is 0.0494. The number of hydrogen-bond acceptors (Lipinski definition) is 8. The molecule has 0 heterocycles. The summed E-state index contributed by atoms with van der Waals surface area (Å²) in [6.07, 6.45) is 17.1. The van der Waals surface area contributed by atoms with Crippen molar-refractivity contribution in [3.05, 3.63) is 108 Å². The summed E-state index contributed by atoms with van der Waals surface area (Å²) in [6.45, 7) is 4.43. The van der Waals surface area contributed by atoms with Gasteiger partial charge < -0.3 is 18.6 Å². The van der Waals surface area contributed by atoms with Crippen LogP contribution in [0.5, 0.6) is 23.0 Å². The molecule has 8 nitrogen and oxygen atoms in total. The predicted octanol–water partition coefficient (Wildman–Crippen LogP) is 10.2. The van der Waals surface area contributed by atoms with Crippen molar-refractivity contribution in [3.63, 3.8) is 0 Å². The third-order valence-corrected chi connectivity index (χ3v) is 9.76. The molecule has 0 aliphatic carbocycles. The van der Waals surface area contributed by atoms with Crippen LogP contribution in [0.2, 0.25) is 0 Å². The van der Waals surface area contributed by atoms with Crippen LogP contribution in [0.3, 0.4) is 0 Å². The Bertz CT molecular complexity index is 1680. The molecule has 0 unspecified atom stereocenters. The zero-order valence-corrected chi connectivity index (χ0v) is 33.8. The van der Waals surface area contributed by atoms with E-state index in [1.54, 1.807) is 12.1 Å². The van der Waals surface area contributed by atoms with E-state index in [0.29, 0.717) is 23.0 Å². The van der Waals surface area contributed by atoms with Gasteiger partial charge in [-0.2, -0.15) is 0 Å². The summed E-state index contributed by atoms with van der Waals surface area (Å²) in [5.41, 5.74) is 2.39. The van der Waals surface area contributed by atoms with Crippen LogP contribution in [-0.4, -0.2) is 63.7 Å². The maximum atomic E-state index is 11.1. The van der Waals surface area contributed by atoms with Crippen molar-refractivity contribution in [1.29, 1.82) is 0 Å². The maximum Gasteiger partial charge on any atom is 2.00 e. The fourth-order valence-electron chi connectivity index (χ4n) is 5.41. The van der Waals surface area contributed by atoms with Gasteiger partial charge in [-0.1, -0.05) is 114 Å². The van der Waals surface area contributed by atoms with Crippen molar-refractivity contribution in [2.45, 2.75) is 114 Å². The smallest absolute Gasteiger partial charge is 0.744 e. The minimum Gasteiger partial charge on any atom is -0.744 e. The molecule has 272 valence electrons. The maximum absolute atomic E-state index is 11.1. The van der Waals surface area contributed by atoms with Gasteiger partial charge in [0.05, 0.1) is 9.79 Å². The van der Waals surface area contributed by atoms with Crippen LogP contribution in [0, 0.1) is 0 Å². The van der Waals surface area contributed by atoms with E-state index in [4.69, 9.17) is 9.47 Å². The number of ether oxygens (including phenoxy) is 2. The molecular weight excluding hydrogens is 713 g/mol. The molecule has 0 aliphatic rings. The van der Waals surface area contributed by atoms with Gasteiger partial charge in [-0.3, -0.25) is 0 Å². The first kappa shape index (κ1) is 44.7. The second-order valence-corrected chi connectivity index (χ2v) is 15.2. The number of unbranched alkanes of at least 4 members (excludes halogenated alkanes) is 10. The Kier molecular flexibility index (Phi) is 21.0. The van der Waals surface area contributed by atoms with E-state index in [0.717, 1.165) is 25.7 Å². The Labute approximate surface area is 335 Å². The fourth-order valence-corrected chi connectivity index (χ4v) is 6.42. The van der Waals surface area contributed by atoms with Crippen molar-refractivity contribution in [3.8, 4) is 23.0 Å². The molecule has 0 fully saturated rings. The van der Waals surface area contributed by atoms with Crippen molar-refractivity contribution in [1.82, 2.24) is 0 Å². The number of aryl methyl sites for hydroxylation is 2. The molecule has 51 heavy (non-hydrogen) atoms. The molecule has 4 aromatic carbocycles. The van der Waals surface area contributed by atoms with Crippen LogP contribution in [0.25, 0.3) is 0 Å². The first-order valence-electron chi connectivity index (χ1n) is 17.6. The Balaban J connectivity index is 0.000000347. The van der Waals surface area contributed by atoms with Gasteiger partial charge >= 0.3 is 37.7 Å². The summed E-state index contributed by atoms with van der Waals surface area (Å²) in [7, 11) is -8.96. The molecule has 4 rings (SSSR count). The van der Waals surface area contributed by atoms with E-state index in [1.165, 1.54) is 112 Å². The summed E-state index contributed by atoms with van der Waals surface area (Å²) < 4.78 is 78.0. The summed E-state index contributed by atoms with van der Waals surface area (Å²) >= 11 is 0. The van der Waals surface area contributed by atoms with Gasteiger partial charge in [0, 0.05) is 0 Å². The average Bonchev–Trinajstić information content (AvgIpc) is 3.08. The van der Waals surface area contributed by atoms with E-state index < -0.39 is 20.2 Å². The minimum atomic E-state index is -4.48. The molecule has 0 saturated carbocycles. The van der Waals surface area contributed by atoms with Crippen molar-refractivity contribution in [2.24, 2.45) is 0 Å². The largest absolute Gasteiger partial charge is 2.00 e. The molecule has 0 aromatic heterocycles. The van der Waals surface area contributed by atoms with Crippen molar-refractivity contribution >= 4 is 58.0 Å². The van der Waals surface area contributed by atoms with Gasteiger partial charge in [-0.05, 0) is 97.5 Å². The van der Waals surface area contributed by atoms with Crippen LogP contribution in [0.4, 0.5) is 0 Å². The van der Waals surface area contributed by atoms with Crippen molar-refractivity contribution < 1.29 is 35.4 Å². The first-order chi connectivity index (χ1) is 24.0. The third kappa shape index (κ3) is 18.2. The van der Waals surface area contributed by atoms with Crippen LogP contribution in [0.1, 0.15) is 102 Å². The van der Waals surface area contributed by atoms with Gasteiger partial charge in [0.15, 0.2) is 0 Å². The Morgan fingerprint density at radius 1 is 0.451 bits per heavy atom. The van der Waals surface area contributed by atoms with Gasteiger partial charge in [-0.25, -0.2) is 16.8 Å². The van der Waals surface area contributed by atoms with Gasteiger partial charge in [0.2, 0.25) is 0 Å². The molecule has 0 aliphatic heterocycles. The van der Waals surface area contributed by atoms with E-state index in [-0.39, 0.29) is 47.5 Å². The SMILES string of the molecule is CCCCCCCCc1cccc(Oc2cccc(S(=O)(=O)[O-])c2)c1.CCCCCCCCc1cccc(Oc2cccc(S(=O)(=O)[O-])c2)c1.[Ca+2]. The fraction of sp³-hybridized carbons (Fsp3) is 0.400. The summed E-state index contributed by atoms with van der Waals surface area (Å²) in [5.74, 6) is 1.97. The van der Waals surface area contributed by atoms with Crippen LogP contribution in [0.15, 0.2) is 107 Å². The molecule has 0 bridgehead atoms. The van der Waals surface area contributed by atoms with E-state index in [1.807, 2.05) is 36.4 Å². The second-order valence-electron chi connectivity index (χ2n) is 12.4. The van der Waals surface area contributed by atoms with E-state index in [9.17, 15) is 25.9 Å². The zero-order chi connectivity index (χ0) is 36.2.